The van der Waals surface area contributed by atoms with Crippen molar-refractivity contribution >= 4 is 12.1 Å². The molecule has 1 aromatic rings. The Morgan fingerprint density at radius 2 is 1.70 bits per heavy atom. The number of aromatic carboxylic acids is 1. The average Bonchev–Trinajstić information content (AvgIpc) is 2.22. The summed E-state index contributed by atoms with van der Waals surface area (Å²) in [6.45, 7) is 9.17. The Balaban J connectivity index is 2.76. The Hall–Kier alpha value is -2.04. The Labute approximate surface area is 118 Å². The molecule has 0 unspecified atom stereocenters. The van der Waals surface area contributed by atoms with Crippen molar-refractivity contribution in [3.8, 4) is 0 Å². The standard InChI is InChI=1S/C15H21NO4/c1-9-6-11(7-10(2)12(9)13(17)18)8-16-14(19)20-15(3,4)5/h6-7H,8H2,1-5H3,(H,16,19)(H,17,18). The number of aryl methyl sites for hydroxylation is 2. The van der Waals surface area contributed by atoms with Gasteiger partial charge in [-0.3, -0.25) is 0 Å². The van der Waals surface area contributed by atoms with Gasteiger partial charge in [0.15, 0.2) is 0 Å². The van der Waals surface area contributed by atoms with Crippen LogP contribution in [0.5, 0.6) is 0 Å². The molecule has 0 spiro atoms. The van der Waals surface area contributed by atoms with E-state index in [4.69, 9.17) is 9.84 Å². The topological polar surface area (TPSA) is 75.6 Å². The van der Waals surface area contributed by atoms with Gasteiger partial charge in [0.2, 0.25) is 0 Å². The maximum absolute atomic E-state index is 11.5. The van der Waals surface area contributed by atoms with Gasteiger partial charge in [0.05, 0.1) is 5.56 Å². The summed E-state index contributed by atoms with van der Waals surface area (Å²) in [5.74, 6) is -0.938. The highest BCUT2D eigenvalue weighted by atomic mass is 16.6. The summed E-state index contributed by atoms with van der Waals surface area (Å²) in [6, 6.07) is 3.52. The molecule has 0 aliphatic carbocycles. The molecule has 0 aliphatic rings. The van der Waals surface area contributed by atoms with Crippen molar-refractivity contribution in [1.29, 1.82) is 0 Å². The lowest BCUT2D eigenvalue weighted by Crippen LogP contribution is -2.32. The number of hydrogen-bond donors (Lipinski definition) is 2. The maximum atomic E-state index is 11.5. The number of carboxylic acid groups (broad SMARTS) is 1. The third kappa shape index (κ3) is 4.57. The van der Waals surface area contributed by atoms with Crippen molar-refractivity contribution in [1.82, 2.24) is 5.32 Å². The molecule has 1 rings (SSSR count). The number of hydrogen-bond acceptors (Lipinski definition) is 3. The first-order chi connectivity index (χ1) is 9.10. The van der Waals surface area contributed by atoms with E-state index in [1.54, 1.807) is 46.8 Å². The van der Waals surface area contributed by atoms with Gasteiger partial charge in [-0.25, -0.2) is 9.59 Å². The van der Waals surface area contributed by atoms with Gasteiger partial charge < -0.3 is 15.2 Å². The quantitative estimate of drug-likeness (QED) is 0.891. The predicted molar refractivity (Wildman–Crippen MR) is 75.9 cm³/mol. The summed E-state index contributed by atoms with van der Waals surface area (Å²) < 4.78 is 5.14. The summed E-state index contributed by atoms with van der Waals surface area (Å²) in [6.07, 6.45) is -0.491. The van der Waals surface area contributed by atoms with Crippen LogP contribution < -0.4 is 5.32 Å². The number of benzene rings is 1. The molecule has 0 bridgehead atoms. The Morgan fingerprint density at radius 1 is 1.20 bits per heavy atom. The fraction of sp³-hybridized carbons (Fsp3) is 0.467. The molecule has 20 heavy (non-hydrogen) atoms. The van der Waals surface area contributed by atoms with Crippen LogP contribution in [0.4, 0.5) is 4.79 Å². The minimum Gasteiger partial charge on any atom is -0.478 e. The normalized spacial score (nSPS) is 11.1. The Kier molecular flexibility index (Phi) is 4.76. The molecule has 0 radical (unpaired) electrons. The van der Waals surface area contributed by atoms with Gasteiger partial charge in [-0.05, 0) is 51.3 Å². The van der Waals surface area contributed by atoms with Crippen LogP contribution in [-0.2, 0) is 11.3 Å². The van der Waals surface area contributed by atoms with Crippen LogP contribution in [0.15, 0.2) is 12.1 Å². The molecule has 1 amide bonds. The highest BCUT2D eigenvalue weighted by Crippen LogP contribution is 2.17. The summed E-state index contributed by atoms with van der Waals surface area (Å²) in [7, 11) is 0. The van der Waals surface area contributed by atoms with Gasteiger partial charge in [-0.1, -0.05) is 12.1 Å². The zero-order chi connectivity index (χ0) is 15.5. The first kappa shape index (κ1) is 16.0. The summed E-state index contributed by atoms with van der Waals surface area (Å²) >= 11 is 0. The smallest absolute Gasteiger partial charge is 0.407 e. The van der Waals surface area contributed by atoms with E-state index < -0.39 is 17.7 Å². The first-order valence-corrected chi connectivity index (χ1v) is 6.40. The van der Waals surface area contributed by atoms with Crippen molar-refractivity contribution in [3.05, 3.63) is 34.4 Å². The second-order valence-corrected chi connectivity index (χ2v) is 5.77. The van der Waals surface area contributed by atoms with E-state index in [9.17, 15) is 9.59 Å². The molecule has 0 heterocycles. The van der Waals surface area contributed by atoms with Crippen molar-refractivity contribution < 1.29 is 19.4 Å². The predicted octanol–water partition coefficient (Wildman–Crippen LogP) is 3.03. The maximum Gasteiger partial charge on any atom is 0.407 e. The van der Waals surface area contributed by atoms with Gasteiger partial charge in [-0.2, -0.15) is 0 Å². The average molecular weight is 279 g/mol. The zero-order valence-electron chi connectivity index (χ0n) is 12.5. The van der Waals surface area contributed by atoms with Gasteiger partial charge in [-0.15, -0.1) is 0 Å². The van der Waals surface area contributed by atoms with Crippen LogP contribution in [0, 0.1) is 13.8 Å². The van der Waals surface area contributed by atoms with E-state index in [0.29, 0.717) is 23.2 Å². The molecular formula is C15H21NO4. The van der Waals surface area contributed by atoms with Crippen LogP contribution in [0.1, 0.15) is 47.8 Å². The number of carbonyl (C=O) groups excluding carboxylic acids is 1. The van der Waals surface area contributed by atoms with Crippen LogP contribution in [0.25, 0.3) is 0 Å². The van der Waals surface area contributed by atoms with Crippen molar-refractivity contribution in [3.63, 3.8) is 0 Å². The molecule has 5 nitrogen and oxygen atoms in total. The van der Waals surface area contributed by atoms with Gasteiger partial charge in [0.1, 0.15) is 5.60 Å². The highest BCUT2D eigenvalue weighted by molar-refractivity contribution is 5.91. The van der Waals surface area contributed by atoms with E-state index in [0.717, 1.165) is 5.56 Å². The number of amides is 1. The second-order valence-electron chi connectivity index (χ2n) is 5.77. The third-order valence-corrected chi connectivity index (χ3v) is 2.64. The van der Waals surface area contributed by atoms with Crippen LogP contribution in [0.3, 0.4) is 0 Å². The highest BCUT2D eigenvalue weighted by Gasteiger charge is 2.16. The third-order valence-electron chi connectivity index (χ3n) is 2.64. The van der Waals surface area contributed by atoms with E-state index in [2.05, 4.69) is 5.32 Å². The summed E-state index contributed by atoms with van der Waals surface area (Å²) in [4.78, 5) is 22.6. The lowest BCUT2D eigenvalue weighted by Gasteiger charge is -2.20. The largest absolute Gasteiger partial charge is 0.478 e. The second kappa shape index (κ2) is 5.94. The molecule has 110 valence electrons. The molecule has 5 heteroatoms. The zero-order valence-corrected chi connectivity index (χ0v) is 12.5. The Morgan fingerprint density at radius 3 is 2.10 bits per heavy atom. The monoisotopic (exact) mass is 279 g/mol. The van der Waals surface area contributed by atoms with E-state index in [-0.39, 0.29) is 0 Å². The number of carboxylic acids is 1. The van der Waals surface area contributed by atoms with Crippen molar-refractivity contribution in [2.75, 3.05) is 0 Å². The van der Waals surface area contributed by atoms with E-state index in [1.165, 1.54) is 0 Å². The van der Waals surface area contributed by atoms with Gasteiger partial charge >= 0.3 is 12.1 Å². The molecule has 0 fully saturated rings. The molecule has 2 N–H and O–H groups in total. The van der Waals surface area contributed by atoms with Crippen LogP contribution >= 0.6 is 0 Å². The lowest BCUT2D eigenvalue weighted by atomic mass is 9.99. The fourth-order valence-corrected chi connectivity index (χ4v) is 1.98. The van der Waals surface area contributed by atoms with Crippen molar-refractivity contribution in [2.45, 2.75) is 46.8 Å². The molecule has 0 aliphatic heterocycles. The van der Waals surface area contributed by atoms with Crippen LogP contribution in [0.2, 0.25) is 0 Å². The van der Waals surface area contributed by atoms with Gasteiger partial charge in [0.25, 0.3) is 0 Å². The fourth-order valence-electron chi connectivity index (χ4n) is 1.98. The van der Waals surface area contributed by atoms with E-state index in [1.807, 2.05) is 0 Å². The van der Waals surface area contributed by atoms with Gasteiger partial charge in [0, 0.05) is 6.54 Å². The molecule has 0 atom stereocenters. The van der Waals surface area contributed by atoms with E-state index >= 15 is 0 Å². The summed E-state index contributed by atoms with van der Waals surface area (Å²) in [5.41, 5.74) is 1.97. The first-order valence-electron chi connectivity index (χ1n) is 6.40. The van der Waals surface area contributed by atoms with Crippen molar-refractivity contribution in [2.24, 2.45) is 0 Å². The van der Waals surface area contributed by atoms with Crippen LogP contribution in [-0.4, -0.2) is 22.8 Å². The number of nitrogens with one attached hydrogen (secondary N) is 1. The molecular weight excluding hydrogens is 258 g/mol. The molecule has 1 aromatic carbocycles. The molecule has 0 aromatic heterocycles. The lowest BCUT2D eigenvalue weighted by molar-refractivity contribution is 0.0522. The number of rotatable bonds is 3. The number of alkyl carbamates (subject to hydrolysis) is 1. The SMILES string of the molecule is Cc1cc(CNC(=O)OC(C)(C)C)cc(C)c1C(=O)O. The molecule has 0 saturated carbocycles. The minimum absolute atomic E-state index is 0.302. The minimum atomic E-state index is -0.938. The number of ether oxygens (including phenoxy) is 1. The number of carbonyl (C=O) groups is 2. The molecule has 0 saturated heterocycles. The summed E-state index contributed by atoms with van der Waals surface area (Å²) in [5, 5.41) is 11.7. The Bertz CT molecular complexity index is 506.